The van der Waals surface area contributed by atoms with E-state index in [4.69, 9.17) is 4.74 Å². The summed E-state index contributed by atoms with van der Waals surface area (Å²) >= 11 is 1.80. The second kappa shape index (κ2) is 8.74. The number of nitrogens with one attached hydrogen (secondary N) is 1. The van der Waals surface area contributed by atoms with E-state index in [2.05, 4.69) is 36.7 Å². The lowest BCUT2D eigenvalue weighted by Crippen LogP contribution is -2.22. The zero-order valence-corrected chi connectivity index (χ0v) is 11.2. The van der Waals surface area contributed by atoms with Crippen LogP contribution < -0.4 is 5.32 Å². The molecular formula is C13H23NOS. The number of thiophene rings is 1. The van der Waals surface area contributed by atoms with Gasteiger partial charge in [0, 0.05) is 17.8 Å². The second-order valence-electron chi connectivity index (χ2n) is 4.37. The molecule has 0 atom stereocenters. The predicted molar refractivity (Wildman–Crippen MR) is 71.2 cm³/mol. The molecule has 92 valence electrons. The minimum atomic E-state index is 0.784. The van der Waals surface area contributed by atoms with Gasteiger partial charge in [0.2, 0.25) is 0 Å². The van der Waals surface area contributed by atoms with Gasteiger partial charge in [-0.25, -0.2) is 0 Å². The Morgan fingerprint density at radius 1 is 1.31 bits per heavy atom. The third-order valence-corrected chi connectivity index (χ3v) is 3.33. The maximum Gasteiger partial charge on any atom is 0.0591 e. The molecule has 2 nitrogen and oxygen atoms in total. The molecule has 0 amide bonds. The van der Waals surface area contributed by atoms with Gasteiger partial charge in [-0.2, -0.15) is 0 Å². The SMILES string of the molecule is CC(C)CCNCCOCCc1cccs1. The van der Waals surface area contributed by atoms with Crippen molar-refractivity contribution in [1.82, 2.24) is 5.32 Å². The van der Waals surface area contributed by atoms with Crippen LogP contribution in [0.25, 0.3) is 0 Å². The molecule has 0 saturated carbocycles. The van der Waals surface area contributed by atoms with Crippen LogP contribution in [0.4, 0.5) is 0 Å². The van der Waals surface area contributed by atoms with Gasteiger partial charge in [-0.3, -0.25) is 0 Å². The van der Waals surface area contributed by atoms with Gasteiger partial charge in [0.25, 0.3) is 0 Å². The minimum Gasteiger partial charge on any atom is -0.380 e. The van der Waals surface area contributed by atoms with Crippen LogP contribution in [0.5, 0.6) is 0 Å². The number of hydrogen-bond donors (Lipinski definition) is 1. The molecule has 1 rings (SSSR count). The van der Waals surface area contributed by atoms with Crippen molar-refractivity contribution in [2.75, 3.05) is 26.3 Å². The van der Waals surface area contributed by atoms with E-state index >= 15 is 0 Å². The number of ether oxygens (including phenoxy) is 1. The Morgan fingerprint density at radius 2 is 2.19 bits per heavy atom. The first-order valence-corrected chi connectivity index (χ1v) is 6.98. The van der Waals surface area contributed by atoms with Crippen LogP contribution >= 0.6 is 11.3 Å². The summed E-state index contributed by atoms with van der Waals surface area (Å²) in [4.78, 5) is 1.41. The van der Waals surface area contributed by atoms with Crippen molar-refractivity contribution in [3.8, 4) is 0 Å². The van der Waals surface area contributed by atoms with E-state index in [1.165, 1.54) is 11.3 Å². The lowest BCUT2D eigenvalue weighted by molar-refractivity contribution is 0.139. The van der Waals surface area contributed by atoms with Gasteiger partial charge in [0.1, 0.15) is 0 Å². The van der Waals surface area contributed by atoms with Crippen molar-refractivity contribution < 1.29 is 4.74 Å². The first-order valence-electron chi connectivity index (χ1n) is 6.10. The van der Waals surface area contributed by atoms with E-state index in [1.807, 2.05) is 0 Å². The van der Waals surface area contributed by atoms with Crippen molar-refractivity contribution in [2.45, 2.75) is 26.7 Å². The Bertz CT molecular complexity index is 246. The highest BCUT2D eigenvalue weighted by atomic mass is 32.1. The van der Waals surface area contributed by atoms with Crippen molar-refractivity contribution in [2.24, 2.45) is 5.92 Å². The molecule has 3 heteroatoms. The predicted octanol–water partition coefficient (Wildman–Crippen LogP) is 2.94. The van der Waals surface area contributed by atoms with Crippen LogP contribution in [0.2, 0.25) is 0 Å². The summed E-state index contributed by atoms with van der Waals surface area (Å²) in [5.41, 5.74) is 0. The Balaban J connectivity index is 1.82. The minimum absolute atomic E-state index is 0.784. The largest absolute Gasteiger partial charge is 0.380 e. The molecule has 0 aliphatic rings. The standard InChI is InChI=1S/C13H23NOS/c1-12(2)5-7-14-8-10-15-9-6-13-4-3-11-16-13/h3-4,11-12,14H,5-10H2,1-2H3. The molecule has 0 unspecified atom stereocenters. The molecule has 0 aliphatic carbocycles. The summed E-state index contributed by atoms with van der Waals surface area (Å²) in [5, 5.41) is 5.50. The highest BCUT2D eigenvalue weighted by molar-refractivity contribution is 7.09. The first-order chi connectivity index (χ1) is 7.79. The molecule has 0 radical (unpaired) electrons. The van der Waals surface area contributed by atoms with E-state index in [0.717, 1.165) is 38.6 Å². The van der Waals surface area contributed by atoms with Crippen LogP contribution in [0.3, 0.4) is 0 Å². The molecule has 0 fully saturated rings. The molecule has 0 bridgehead atoms. The monoisotopic (exact) mass is 241 g/mol. The summed E-state index contributed by atoms with van der Waals surface area (Å²) in [6.07, 6.45) is 2.29. The molecule has 1 aromatic rings. The van der Waals surface area contributed by atoms with E-state index in [0.29, 0.717) is 0 Å². The van der Waals surface area contributed by atoms with Gasteiger partial charge < -0.3 is 10.1 Å². The van der Waals surface area contributed by atoms with Crippen molar-refractivity contribution in [1.29, 1.82) is 0 Å². The summed E-state index contributed by atoms with van der Waals surface area (Å²) in [6, 6.07) is 4.25. The topological polar surface area (TPSA) is 21.3 Å². The molecule has 0 aliphatic heterocycles. The fraction of sp³-hybridized carbons (Fsp3) is 0.692. The van der Waals surface area contributed by atoms with Crippen LogP contribution in [-0.4, -0.2) is 26.3 Å². The zero-order valence-electron chi connectivity index (χ0n) is 10.4. The number of rotatable bonds is 9. The molecule has 0 aromatic carbocycles. The van der Waals surface area contributed by atoms with Gasteiger partial charge in [-0.05, 0) is 30.3 Å². The highest BCUT2D eigenvalue weighted by Crippen LogP contribution is 2.08. The van der Waals surface area contributed by atoms with Crippen LogP contribution in [0.1, 0.15) is 25.1 Å². The maximum absolute atomic E-state index is 5.56. The van der Waals surface area contributed by atoms with Gasteiger partial charge in [-0.1, -0.05) is 19.9 Å². The van der Waals surface area contributed by atoms with E-state index < -0.39 is 0 Å². The fourth-order valence-electron chi connectivity index (χ4n) is 1.39. The Morgan fingerprint density at radius 3 is 2.88 bits per heavy atom. The lowest BCUT2D eigenvalue weighted by Gasteiger charge is -2.07. The third kappa shape index (κ3) is 6.99. The first kappa shape index (κ1) is 13.7. The molecule has 0 spiro atoms. The Hall–Kier alpha value is -0.380. The van der Waals surface area contributed by atoms with Crippen molar-refractivity contribution in [3.05, 3.63) is 22.4 Å². The second-order valence-corrected chi connectivity index (χ2v) is 5.41. The fourth-order valence-corrected chi connectivity index (χ4v) is 2.08. The summed E-state index contributed by atoms with van der Waals surface area (Å²) in [7, 11) is 0. The van der Waals surface area contributed by atoms with Crippen molar-refractivity contribution >= 4 is 11.3 Å². The normalized spacial score (nSPS) is 11.2. The summed E-state index contributed by atoms with van der Waals surface area (Å²) in [6.45, 7) is 8.23. The van der Waals surface area contributed by atoms with Gasteiger partial charge in [0.05, 0.1) is 13.2 Å². The van der Waals surface area contributed by atoms with Gasteiger partial charge >= 0.3 is 0 Å². The average Bonchev–Trinajstić information content (AvgIpc) is 2.74. The molecule has 0 saturated heterocycles. The van der Waals surface area contributed by atoms with E-state index in [-0.39, 0.29) is 0 Å². The van der Waals surface area contributed by atoms with Gasteiger partial charge in [0.15, 0.2) is 0 Å². The van der Waals surface area contributed by atoms with E-state index in [1.54, 1.807) is 11.3 Å². The van der Waals surface area contributed by atoms with Crippen LogP contribution in [0, 0.1) is 5.92 Å². The zero-order chi connectivity index (χ0) is 11.6. The highest BCUT2D eigenvalue weighted by Gasteiger charge is 1.95. The molecule has 1 aromatic heterocycles. The molecule has 1 N–H and O–H groups in total. The van der Waals surface area contributed by atoms with E-state index in [9.17, 15) is 0 Å². The molecule has 16 heavy (non-hydrogen) atoms. The Labute approximate surface area is 103 Å². The maximum atomic E-state index is 5.56. The molecular weight excluding hydrogens is 218 g/mol. The third-order valence-electron chi connectivity index (χ3n) is 2.39. The summed E-state index contributed by atoms with van der Waals surface area (Å²) in [5.74, 6) is 0.784. The van der Waals surface area contributed by atoms with Gasteiger partial charge in [-0.15, -0.1) is 11.3 Å². The number of hydrogen-bond acceptors (Lipinski definition) is 3. The lowest BCUT2D eigenvalue weighted by atomic mass is 10.1. The summed E-state index contributed by atoms with van der Waals surface area (Å²) < 4.78 is 5.56. The smallest absolute Gasteiger partial charge is 0.0591 e. The van der Waals surface area contributed by atoms with Crippen LogP contribution in [0.15, 0.2) is 17.5 Å². The van der Waals surface area contributed by atoms with Crippen LogP contribution in [-0.2, 0) is 11.2 Å². The van der Waals surface area contributed by atoms with Crippen molar-refractivity contribution in [3.63, 3.8) is 0 Å². The average molecular weight is 241 g/mol. The quantitative estimate of drug-likeness (QED) is 0.671. The Kier molecular flexibility index (Phi) is 7.47. The molecule has 1 heterocycles.